The fourth-order valence-corrected chi connectivity index (χ4v) is 0.867. The fourth-order valence-electron chi connectivity index (χ4n) is 0.867. The summed E-state index contributed by atoms with van der Waals surface area (Å²) in [4.78, 5) is 0. The molecule has 0 aromatic rings. The van der Waals surface area contributed by atoms with Crippen LogP contribution in [0.2, 0.25) is 0 Å². The number of hydrogen-bond acceptors (Lipinski definition) is 3. The van der Waals surface area contributed by atoms with Crippen LogP contribution in [-0.4, -0.2) is 35.1 Å². The van der Waals surface area contributed by atoms with Crippen molar-refractivity contribution in [1.29, 1.82) is 0 Å². The highest BCUT2D eigenvalue weighted by Crippen LogP contribution is 2.19. The van der Waals surface area contributed by atoms with E-state index in [0.717, 1.165) is 0 Å². The summed E-state index contributed by atoms with van der Waals surface area (Å²) in [5, 5.41) is 18.5. The number of epoxide rings is 1. The molecule has 0 bridgehead atoms. The minimum atomic E-state index is -0.694. The minimum absolute atomic E-state index is 0.0965. The first-order valence-corrected chi connectivity index (χ1v) is 3.60. The Morgan fingerprint density at radius 1 is 1.40 bits per heavy atom. The van der Waals surface area contributed by atoms with Gasteiger partial charge in [0.2, 0.25) is 0 Å². The molecule has 1 rings (SSSR count). The van der Waals surface area contributed by atoms with E-state index in [1.54, 1.807) is 0 Å². The van der Waals surface area contributed by atoms with Crippen molar-refractivity contribution in [3.8, 4) is 0 Å². The zero-order valence-corrected chi connectivity index (χ0v) is 6.32. The third-order valence-corrected chi connectivity index (χ3v) is 1.77. The van der Waals surface area contributed by atoms with Crippen LogP contribution < -0.4 is 0 Å². The SMILES string of the molecule is CC(C)[C@@H](O)[C@H](O)[C@H]1CO1. The van der Waals surface area contributed by atoms with E-state index in [1.807, 2.05) is 13.8 Å². The molecule has 1 aliphatic heterocycles. The second kappa shape index (κ2) is 2.86. The highest BCUT2D eigenvalue weighted by molar-refractivity contribution is 4.84. The molecule has 1 saturated heterocycles. The van der Waals surface area contributed by atoms with Crippen molar-refractivity contribution in [2.45, 2.75) is 32.2 Å². The molecule has 0 aromatic carbocycles. The summed E-state index contributed by atoms with van der Waals surface area (Å²) in [6.45, 7) is 4.33. The standard InChI is InChI=1S/C7H14O3/c1-4(2)6(8)7(9)5-3-10-5/h4-9H,3H2,1-2H3/t5-,6-,7-/m1/s1. The molecule has 60 valence electrons. The van der Waals surface area contributed by atoms with Gasteiger partial charge in [-0.15, -0.1) is 0 Å². The normalized spacial score (nSPS) is 30.3. The van der Waals surface area contributed by atoms with Gasteiger partial charge in [0.05, 0.1) is 12.7 Å². The Hall–Kier alpha value is -0.120. The van der Waals surface area contributed by atoms with Crippen molar-refractivity contribution in [3.05, 3.63) is 0 Å². The lowest BCUT2D eigenvalue weighted by Gasteiger charge is -2.18. The van der Waals surface area contributed by atoms with E-state index in [9.17, 15) is 10.2 Å². The summed E-state index contributed by atoms with van der Waals surface area (Å²) in [5.74, 6) is 0.0965. The molecule has 3 nitrogen and oxygen atoms in total. The topological polar surface area (TPSA) is 53.0 Å². The van der Waals surface area contributed by atoms with Gasteiger partial charge < -0.3 is 14.9 Å². The lowest BCUT2D eigenvalue weighted by molar-refractivity contribution is -0.0218. The smallest absolute Gasteiger partial charge is 0.109 e. The Labute approximate surface area is 60.6 Å². The molecule has 0 radical (unpaired) electrons. The molecule has 2 N–H and O–H groups in total. The molecule has 3 atom stereocenters. The third-order valence-electron chi connectivity index (χ3n) is 1.77. The molecule has 0 aliphatic carbocycles. The lowest BCUT2D eigenvalue weighted by Crippen LogP contribution is -2.34. The first kappa shape index (κ1) is 7.98. The highest BCUT2D eigenvalue weighted by Gasteiger charge is 2.36. The predicted octanol–water partition coefficient (Wildman–Crippen LogP) is -0.237. The average molecular weight is 146 g/mol. The van der Waals surface area contributed by atoms with Crippen molar-refractivity contribution in [1.82, 2.24) is 0 Å². The van der Waals surface area contributed by atoms with Crippen LogP contribution in [0.4, 0.5) is 0 Å². The van der Waals surface area contributed by atoms with E-state index in [1.165, 1.54) is 0 Å². The fraction of sp³-hybridized carbons (Fsp3) is 1.00. The third kappa shape index (κ3) is 1.68. The van der Waals surface area contributed by atoms with Crippen LogP contribution in [-0.2, 0) is 4.74 Å². The van der Waals surface area contributed by atoms with Crippen LogP contribution in [0.1, 0.15) is 13.8 Å². The average Bonchev–Trinajstić information content (AvgIpc) is 2.65. The molecule has 0 aromatic heterocycles. The van der Waals surface area contributed by atoms with E-state index in [4.69, 9.17) is 4.74 Å². The lowest BCUT2D eigenvalue weighted by atomic mass is 10.0. The Kier molecular flexibility index (Phi) is 2.28. The summed E-state index contributed by atoms with van der Waals surface area (Å²) >= 11 is 0. The van der Waals surface area contributed by atoms with Crippen molar-refractivity contribution in [2.75, 3.05) is 6.61 Å². The molecule has 0 saturated carbocycles. The second-order valence-corrected chi connectivity index (χ2v) is 3.10. The van der Waals surface area contributed by atoms with Gasteiger partial charge in [-0.05, 0) is 5.92 Å². The maximum absolute atomic E-state index is 9.28. The van der Waals surface area contributed by atoms with Gasteiger partial charge in [0, 0.05) is 0 Å². The van der Waals surface area contributed by atoms with Gasteiger partial charge in [0.1, 0.15) is 12.2 Å². The first-order valence-electron chi connectivity index (χ1n) is 3.60. The van der Waals surface area contributed by atoms with E-state index in [2.05, 4.69) is 0 Å². The maximum atomic E-state index is 9.28. The summed E-state index contributed by atoms with van der Waals surface area (Å²) < 4.78 is 4.83. The Morgan fingerprint density at radius 3 is 2.20 bits per heavy atom. The van der Waals surface area contributed by atoms with Crippen LogP contribution in [0, 0.1) is 5.92 Å². The van der Waals surface area contributed by atoms with Crippen molar-refractivity contribution >= 4 is 0 Å². The Morgan fingerprint density at radius 2 is 1.90 bits per heavy atom. The maximum Gasteiger partial charge on any atom is 0.109 e. The molecule has 0 spiro atoms. The number of hydrogen-bond donors (Lipinski definition) is 2. The molecule has 1 aliphatic rings. The van der Waals surface area contributed by atoms with Gasteiger partial charge >= 0.3 is 0 Å². The van der Waals surface area contributed by atoms with Gasteiger partial charge in [0.25, 0.3) is 0 Å². The Balaban J connectivity index is 2.30. The van der Waals surface area contributed by atoms with Gasteiger partial charge in [-0.3, -0.25) is 0 Å². The number of aliphatic hydroxyl groups is 2. The number of ether oxygens (including phenoxy) is 1. The molecule has 1 fully saturated rings. The van der Waals surface area contributed by atoms with Gasteiger partial charge in [-0.25, -0.2) is 0 Å². The van der Waals surface area contributed by atoms with Gasteiger partial charge in [0.15, 0.2) is 0 Å². The Bertz CT molecular complexity index is 103. The van der Waals surface area contributed by atoms with Crippen LogP contribution in [0.5, 0.6) is 0 Å². The monoisotopic (exact) mass is 146 g/mol. The first-order chi connectivity index (χ1) is 4.63. The van der Waals surface area contributed by atoms with E-state index in [0.29, 0.717) is 6.61 Å². The summed E-state index contributed by atoms with van der Waals surface area (Å²) in [7, 11) is 0. The minimum Gasteiger partial charge on any atom is -0.390 e. The van der Waals surface area contributed by atoms with Crippen molar-refractivity contribution in [3.63, 3.8) is 0 Å². The zero-order valence-electron chi connectivity index (χ0n) is 6.32. The van der Waals surface area contributed by atoms with Crippen LogP contribution in [0.25, 0.3) is 0 Å². The van der Waals surface area contributed by atoms with E-state index in [-0.39, 0.29) is 12.0 Å². The number of rotatable bonds is 3. The summed E-state index contributed by atoms with van der Waals surface area (Å²) in [6.07, 6.45) is -1.45. The summed E-state index contributed by atoms with van der Waals surface area (Å²) in [6, 6.07) is 0. The quantitative estimate of drug-likeness (QED) is 0.540. The van der Waals surface area contributed by atoms with E-state index < -0.39 is 12.2 Å². The zero-order chi connectivity index (χ0) is 7.72. The van der Waals surface area contributed by atoms with Crippen molar-refractivity contribution in [2.24, 2.45) is 5.92 Å². The van der Waals surface area contributed by atoms with Crippen LogP contribution in [0.15, 0.2) is 0 Å². The molecule has 1 heterocycles. The molecular formula is C7H14O3. The molecule has 3 heteroatoms. The molecular weight excluding hydrogens is 132 g/mol. The molecule has 10 heavy (non-hydrogen) atoms. The van der Waals surface area contributed by atoms with Crippen LogP contribution in [0.3, 0.4) is 0 Å². The number of aliphatic hydroxyl groups excluding tert-OH is 2. The molecule has 0 amide bonds. The largest absolute Gasteiger partial charge is 0.390 e. The van der Waals surface area contributed by atoms with Crippen LogP contribution >= 0.6 is 0 Å². The van der Waals surface area contributed by atoms with Gasteiger partial charge in [-0.2, -0.15) is 0 Å². The highest BCUT2D eigenvalue weighted by atomic mass is 16.6. The van der Waals surface area contributed by atoms with Crippen molar-refractivity contribution < 1.29 is 14.9 Å². The van der Waals surface area contributed by atoms with E-state index >= 15 is 0 Å². The molecule has 0 unspecified atom stereocenters. The van der Waals surface area contributed by atoms with Gasteiger partial charge in [-0.1, -0.05) is 13.8 Å². The predicted molar refractivity (Wildman–Crippen MR) is 36.6 cm³/mol. The second-order valence-electron chi connectivity index (χ2n) is 3.10. The summed E-state index contributed by atoms with van der Waals surface area (Å²) in [5.41, 5.74) is 0.